The van der Waals surface area contributed by atoms with Crippen molar-refractivity contribution in [3.63, 3.8) is 0 Å². The molecule has 0 aliphatic carbocycles. The van der Waals surface area contributed by atoms with Crippen molar-refractivity contribution >= 4 is 17.0 Å². The molecule has 0 saturated carbocycles. The van der Waals surface area contributed by atoms with Gasteiger partial charge in [-0.1, -0.05) is 19.4 Å². The molecule has 0 aliphatic heterocycles. The third-order valence-corrected chi connectivity index (χ3v) is 4.01. The van der Waals surface area contributed by atoms with Gasteiger partial charge in [0.1, 0.15) is 22.6 Å². The van der Waals surface area contributed by atoms with Gasteiger partial charge < -0.3 is 5.73 Å². The molecule has 0 amide bonds. The largest absolute Gasteiger partial charge is 0.397 e. The van der Waals surface area contributed by atoms with Gasteiger partial charge in [-0.15, -0.1) is 11.3 Å². The Morgan fingerprint density at radius 1 is 1.32 bits per heavy atom. The van der Waals surface area contributed by atoms with Gasteiger partial charge in [0.15, 0.2) is 0 Å². The summed E-state index contributed by atoms with van der Waals surface area (Å²) in [4.78, 5) is 0.729. The van der Waals surface area contributed by atoms with Gasteiger partial charge in [0.05, 0.1) is 11.3 Å². The van der Waals surface area contributed by atoms with Crippen LogP contribution in [0.1, 0.15) is 23.8 Å². The zero-order valence-electron chi connectivity index (χ0n) is 10.3. The molecule has 2 rings (SSSR count). The number of nitriles is 1. The van der Waals surface area contributed by atoms with E-state index < -0.39 is 11.6 Å². The van der Waals surface area contributed by atoms with Crippen molar-refractivity contribution in [2.24, 2.45) is 0 Å². The number of nitrogens with two attached hydrogens (primary N) is 1. The number of rotatable bonds is 3. The van der Waals surface area contributed by atoms with E-state index in [1.807, 2.05) is 13.0 Å². The van der Waals surface area contributed by atoms with E-state index in [0.29, 0.717) is 27.4 Å². The van der Waals surface area contributed by atoms with Gasteiger partial charge >= 0.3 is 0 Å². The van der Waals surface area contributed by atoms with E-state index in [1.165, 1.54) is 18.2 Å². The third kappa shape index (κ3) is 2.32. The maximum atomic E-state index is 13.8. The first-order valence-electron chi connectivity index (χ1n) is 5.85. The van der Waals surface area contributed by atoms with Gasteiger partial charge in [-0.25, -0.2) is 8.78 Å². The van der Waals surface area contributed by atoms with Crippen molar-refractivity contribution in [2.45, 2.75) is 19.8 Å². The predicted octanol–water partition coefficient (Wildman–Crippen LogP) is 4.10. The van der Waals surface area contributed by atoms with Gasteiger partial charge in [-0.3, -0.25) is 0 Å². The number of hydrogen-bond donors (Lipinski definition) is 1. The van der Waals surface area contributed by atoms with Crippen LogP contribution in [-0.4, -0.2) is 0 Å². The lowest BCUT2D eigenvalue weighted by atomic mass is 10.0. The number of thiophene rings is 1. The molecule has 19 heavy (non-hydrogen) atoms. The maximum absolute atomic E-state index is 13.8. The van der Waals surface area contributed by atoms with Crippen LogP contribution < -0.4 is 5.73 Å². The minimum absolute atomic E-state index is 0.0934. The molecule has 2 N–H and O–H groups in total. The second kappa shape index (κ2) is 5.37. The number of benzene rings is 1. The van der Waals surface area contributed by atoms with Gasteiger partial charge in [0.25, 0.3) is 0 Å². The minimum Gasteiger partial charge on any atom is -0.397 e. The average Bonchev–Trinajstić information content (AvgIpc) is 2.68. The van der Waals surface area contributed by atoms with Crippen LogP contribution in [0.15, 0.2) is 18.2 Å². The summed E-state index contributed by atoms with van der Waals surface area (Å²) in [6.07, 6.45) is 1.38. The van der Waals surface area contributed by atoms with Crippen LogP contribution in [0.5, 0.6) is 0 Å². The van der Waals surface area contributed by atoms with Crippen molar-refractivity contribution < 1.29 is 8.78 Å². The highest BCUT2D eigenvalue weighted by atomic mass is 32.1. The smallest absolute Gasteiger partial charge is 0.134 e. The standard InChI is InChI=1S/C14H12F2N2S/c1-2-4-8-13(18)11(7-17)19-14(8)12-9(15)5-3-6-10(12)16/h3,5-6H,2,4,18H2,1H3. The molecule has 5 heteroatoms. The highest BCUT2D eigenvalue weighted by Crippen LogP contribution is 2.41. The first kappa shape index (κ1) is 13.5. The molecule has 2 nitrogen and oxygen atoms in total. The SMILES string of the molecule is CCCc1c(-c2c(F)cccc2F)sc(C#N)c1N. The average molecular weight is 278 g/mol. The van der Waals surface area contributed by atoms with Crippen LogP contribution in [0.4, 0.5) is 14.5 Å². The van der Waals surface area contributed by atoms with Crippen molar-refractivity contribution in [2.75, 3.05) is 5.73 Å². The molecule has 0 bridgehead atoms. The van der Waals surface area contributed by atoms with E-state index in [1.54, 1.807) is 0 Å². The van der Waals surface area contributed by atoms with Crippen LogP contribution in [0, 0.1) is 23.0 Å². The lowest BCUT2D eigenvalue weighted by Crippen LogP contribution is -1.95. The molecule has 0 radical (unpaired) electrons. The van der Waals surface area contributed by atoms with Gasteiger partial charge in [-0.05, 0) is 24.1 Å². The lowest BCUT2D eigenvalue weighted by molar-refractivity contribution is 0.590. The van der Waals surface area contributed by atoms with Crippen molar-refractivity contribution in [1.29, 1.82) is 5.26 Å². The number of halogens is 2. The molecule has 2 aromatic rings. The van der Waals surface area contributed by atoms with Gasteiger partial charge in [0.2, 0.25) is 0 Å². The number of hydrogen-bond acceptors (Lipinski definition) is 3. The van der Waals surface area contributed by atoms with Crippen LogP contribution in [-0.2, 0) is 6.42 Å². The highest BCUT2D eigenvalue weighted by Gasteiger charge is 2.21. The zero-order chi connectivity index (χ0) is 14.0. The van der Waals surface area contributed by atoms with Crippen LogP contribution in [0.2, 0.25) is 0 Å². The van der Waals surface area contributed by atoms with E-state index >= 15 is 0 Å². The molecule has 1 aromatic carbocycles. The van der Waals surface area contributed by atoms with Crippen molar-refractivity contribution in [3.8, 4) is 16.5 Å². The number of anilines is 1. The van der Waals surface area contributed by atoms with Crippen molar-refractivity contribution in [1.82, 2.24) is 0 Å². The monoisotopic (exact) mass is 278 g/mol. The summed E-state index contributed by atoms with van der Waals surface area (Å²) in [7, 11) is 0. The molecule has 1 aromatic heterocycles. The summed E-state index contributed by atoms with van der Waals surface area (Å²) >= 11 is 1.04. The summed E-state index contributed by atoms with van der Waals surface area (Å²) in [6.45, 7) is 1.95. The molecular weight excluding hydrogens is 266 g/mol. The Hall–Kier alpha value is -1.93. The summed E-state index contributed by atoms with van der Waals surface area (Å²) in [5, 5.41) is 9.00. The Labute approximate surface area is 114 Å². The van der Waals surface area contributed by atoms with Crippen LogP contribution in [0.3, 0.4) is 0 Å². The Bertz CT molecular complexity index is 636. The number of nitrogen functional groups attached to an aromatic ring is 1. The fraction of sp³-hybridized carbons (Fsp3) is 0.214. The van der Waals surface area contributed by atoms with E-state index in [0.717, 1.165) is 17.8 Å². The molecule has 0 fully saturated rings. The molecule has 0 saturated heterocycles. The minimum atomic E-state index is -0.636. The molecule has 0 unspecified atom stereocenters. The molecule has 0 atom stereocenters. The predicted molar refractivity (Wildman–Crippen MR) is 72.8 cm³/mol. The molecule has 98 valence electrons. The van der Waals surface area contributed by atoms with E-state index in [2.05, 4.69) is 0 Å². The Morgan fingerprint density at radius 3 is 2.47 bits per heavy atom. The van der Waals surface area contributed by atoms with Crippen molar-refractivity contribution in [3.05, 3.63) is 40.3 Å². The highest BCUT2D eigenvalue weighted by molar-refractivity contribution is 7.16. The summed E-state index contributed by atoms with van der Waals surface area (Å²) in [5.74, 6) is -1.27. The zero-order valence-corrected chi connectivity index (χ0v) is 11.2. The van der Waals surface area contributed by atoms with Gasteiger partial charge in [0, 0.05) is 4.88 Å². The second-order valence-corrected chi connectivity index (χ2v) is 5.13. The molecular formula is C14H12F2N2S. The Morgan fingerprint density at radius 2 is 1.95 bits per heavy atom. The fourth-order valence-electron chi connectivity index (χ4n) is 1.98. The molecule has 0 aliphatic rings. The second-order valence-electron chi connectivity index (χ2n) is 4.11. The van der Waals surface area contributed by atoms with E-state index in [-0.39, 0.29) is 5.56 Å². The van der Waals surface area contributed by atoms with Crippen LogP contribution >= 0.6 is 11.3 Å². The quantitative estimate of drug-likeness (QED) is 0.918. The third-order valence-electron chi connectivity index (χ3n) is 2.84. The van der Waals surface area contributed by atoms with E-state index in [9.17, 15) is 8.78 Å². The summed E-state index contributed by atoms with van der Waals surface area (Å²) in [5.41, 5.74) is 6.79. The fourth-order valence-corrected chi connectivity index (χ4v) is 3.09. The Kier molecular flexibility index (Phi) is 3.82. The summed E-state index contributed by atoms with van der Waals surface area (Å²) in [6, 6.07) is 5.70. The molecule has 0 spiro atoms. The lowest BCUT2D eigenvalue weighted by Gasteiger charge is -2.06. The van der Waals surface area contributed by atoms with Crippen LogP contribution in [0.25, 0.3) is 10.4 Å². The van der Waals surface area contributed by atoms with E-state index in [4.69, 9.17) is 11.0 Å². The Balaban J connectivity index is 2.72. The first-order valence-corrected chi connectivity index (χ1v) is 6.67. The number of nitrogens with zero attached hydrogens (tertiary/aromatic N) is 1. The molecule has 1 heterocycles. The first-order chi connectivity index (χ1) is 9.10. The maximum Gasteiger partial charge on any atom is 0.134 e. The van der Waals surface area contributed by atoms with Gasteiger partial charge in [-0.2, -0.15) is 5.26 Å². The normalized spacial score (nSPS) is 10.4. The topological polar surface area (TPSA) is 49.8 Å². The summed E-state index contributed by atoms with van der Waals surface area (Å²) < 4.78 is 27.7.